The highest BCUT2D eigenvalue weighted by atomic mass is 32.1. The van der Waals surface area contributed by atoms with Crippen molar-refractivity contribution in [3.63, 3.8) is 0 Å². The van der Waals surface area contributed by atoms with Gasteiger partial charge in [0.25, 0.3) is 0 Å². The predicted octanol–water partition coefficient (Wildman–Crippen LogP) is 3.10. The van der Waals surface area contributed by atoms with Crippen molar-refractivity contribution in [1.29, 1.82) is 0 Å². The van der Waals surface area contributed by atoms with Gasteiger partial charge >= 0.3 is 0 Å². The molecule has 1 aromatic carbocycles. The summed E-state index contributed by atoms with van der Waals surface area (Å²) >= 11 is 1.68. The Labute approximate surface area is 110 Å². The van der Waals surface area contributed by atoms with Crippen LogP contribution in [-0.2, 0) is 6.54 Å². The van der Waals surface area contributed by atoms with Crippen LogP contribution in [-0.4, -0.2) is 11.8 Å². The number of hydrogen-bond acceptors (Lipinski definition) is 5. The van der Waals surface area contributed by atoms with E-state index in [1.165, 1.54) is 4.88 Å². The number of rotatable bonds is 3. The molecule has 1 aliphatic rings. The third-order valence-corrected chi connectivity index (χ3v) is 3.94. The predicted molar refractivity (Wildman–Crippen MR) is 71.5 cm³/mol. The van der Waals surface area contributed by atoms with E-state index in [1.807, 2.05) is 25.1 Å². The Morgan fingerprint density at radius 3 is 2.89 bits per heavy atom. The van der Waals surface area contributed by atoms with Gasteiger partial charge in [-0.25, -0.2) is 4.98 Å². The molecule has 18 heavy (non-hydrogen) atoms. The van der Waals surface area contributed by atoms with Crippen molar-refractivity contribution in [1.82, 2.24) is 4.98 Å². The highest BCUT2D eigenvalue weighted by Crippen LogP contribution is 2.32. The Kier molecular flexibility index (Phi) is 2.83. The molecule has 4 nitrogen and oxygen atoms in total. The lowest BCUT2D eigenvalue weighted by atomic mass is 10.2. The fraction of sp³-hybridized carbons (Fsp3) is 0.308. The third-order valence-electron chi connectivity index (χ3n) is 2.91. The molecular weight excluding hydrogens is 248 g/mol. The van der Waals surface area contributed by atoms with Crippen LogP contribution in [0.1, 0.15) is 16.1 Å². The summed E-state index contributed by atoms with van der Waals surface area (Å²) in [6, 6.07) is 5.98. The van der Waals surface area contributed by atoms with Gasteiger partial charge in [0, 0.05) is 11.4 Å². The average Bonchev–Trinajstić information content (AvgIpc) is 2.94. The van der Waals surface area contributed by atoms with E-state index in [9.17, 15) is 0 Å². The van der Waals surface area contributed by atoms with Gasteiger partial charge in [0.05, 0.1) is 5.69 Å². The summed E-state index contributed by atoms with van der Waals surface area (Å²) in [6.45, 7) is 5.16. The first-order valence-electron chi connectivity index (χ1n) is 5.79. The molecule has 1 aromatic heterocycles. The second-order valence-corrected chi connectivity index (χ2v) is 5.40. The summed E-state index contributed by atoms with van der Waals surface area (Å²) in [6.07, 6.45) is 0. The Balaban J connectivity index is 1.70. The lowest BCUT2D eigenvalue weighted by molar-refractivity contribution is 0.174. The molecule has 0 fully saturated rings. The van der Waals surface area contributed by atoms with Crippen LogP contribution in [0.15, 0.2) is 18.2 Å². The van der Waals surface area contributed by atoms with Crippen LogP contribution in [0.25, 0.3) is 0 Å². The molecule has 0 saturated carbocycles. The van der Waals surface area contributed by atoms with Crippen LogP contribution in [0, 0.1) is 13.8 Å². The molecule has 0 radical (unpaired) electrons. The van der Waals surface area contributed by atoms with Gasteiger partial charge in [-0.15, -0.1) is 11.3 Å². The number of ether oxygens (including phenoxy) is 2. The van der Waals surface area contributed by atoms with Gasteiger partial charge < -0.3 is 14.8 Å². The monoisotopic (exact) mass is 262 g/mol. The fourth-order valence-corrected chi connectivity index (χ4v) is 2.59. The van der Waals surface area contributed by atoms with Crippen molar-refractivity contribution in [3.05, 3.63) is 34.3 Å². The van der Waals surface area contributed by atoms with Gasteiger partial charge in [0.2, 0.25) is 6.79 Å². The summed E-state index contributed by atoms with van der Waals surface area (Å²) in [5, 5.41) is 4.29. The van der Waals surface area contributed by atoms with E-state index in [4.69, 9.17) is 9.47 Å². The van der Waals surface area contributed by atoms with Gasteiger partial charge in [-0.2, -0.15) is 0 Å². The number of fused-ring (bicyclic) bond motifs is 1. The van der Waals surface area contributed by atoms with E-state index in [2.05, 4.69) is 17.2 Å². The van der Waals surface area contributed by atoms with Crippen molar-refractivity contribution in [2.75, 3.05) is 12.1 Å². The van der Waals surface area contributed by atoms with Crippen LogP contribution in [0.5, 0.6) is 11.5 Å². The fourth-order valence-electron chi connectivity index (χ4n) is 1.78. The van der Waals surface area contributed by atoms with Crippen LogP contribution < -0.4 is 14.8 Å². The molecule has 3 rings (SSSR count). The Morgan fingerprint density at radius 2 is 2.11 bits per heavy atom. The third kappa shape index (κ3) is 2.13. The van der Waals surface area contributed by atoms with E-state index < -0.39 is 0 Å². The summed E-state index contributed by atoms with van der Waals surface area (Å²) in [5.41, 5.74) is 2.25. The molecule has 94 valence electrons. The van der Waals surface area contributed by atoms with Gasteiger partial charge in [0.1, 0.15) is 0 Å². The van der Waals surface area contributed by atoms with E-state index in [0.29, 0.717) is 6.79 Å². The quantitative estimate of drug-likeness (QED) is 0.923. The molecule has 0 amide bonds. The number of hydrogen-bond donors (Lipinski definition) is 1. The van der Waals surface area contributed by atoms with Crippen LogP contribution in [0.2, 0.25) is 0 Å². The number of thiazole rings is 1. The maximum absolute atomic E-state index is 5.35. The van der Waals surface area contributed by atoms with Crippen LogP contribution >= 0.6 is 11.3 Å². The van der Waals surface area contributed by atoms with Gasteiger partial charge in [-0.3, -0.25) is 0 Å². The molecule has 0 aliphatic carbocycles. The number of nitrogens with zero attached hydrogens (tertiary/aromatic N) is 1. The molecule has 5 heteroatoms. The highest BCUT2D eigenvalue weighted by molar-refractivity contribution is 7.15. The number of anilines is 1. The highest BCUT2D eigenvalue weighted by Gasteiger charge is 2.13. The first kappa shape index (κ1) is 11.3. The van der Waals surface area contributed by atoms with Gasteiger partial charge in [0.15, 0.2) is 16.6 Å². The average molecular weight is 262 g/mol. The van der Waals surface area contributed by atoms with E-state index >= 15 is 0 Å². The first-order chi connectivity index (χ1) is 8.72. The summed E-state index contributed by atoms with van der Waals surface area (Å²) in [5.74, 6) is 1.64. The van der Waals surface area contributed by atoms with Crippen LogP contribution in [0.4, 0.5) is 5.13 Å². The van der Waals surface area contributed by atoms with Crippen molar-refractivity contribution >= 4 is 16.5 Å². The molecule has 0 atom stereocenters. The SMILES string of the molecule is Cc1nc(NCc2ccc3c(c2)OCO3)sc1C. The zero-order valence-electron chi connectivity index (χ0n) is 10.3. The minimum absolute atomic E-state index is 0.317. The number of benzene rings is 1. The first-order valence-corrected chi connectivity index (χ1v) is 6.60. The molecule has 0 spiro atoms. The second kappa shape index (κ2) is 4.49. The standard InChI is InChI=1S/C13H14N2O2S/c1-8-9(2)18-13(15-8)14-6-10-3-4-11-12(5-10)17-7-16-11/h3-5H,6-7H2,1-2H3,(H,14,15). The maximum Gasteiger partial charge on any atom is 0.231 e. The second-order valence-electron chi connectivity index (χ2n) is 4.20. The van der Waals surface area contributed by atoms with E-state index in [0.717, 1.165) is 34.4 Å². The molecule has 0 bridgehead atoms. The number of aryl methyl sites for hydroxylation is 2. The minimum Gasteiger partial charge on any atom is -0.454 e. The molecule has 1 aliphatic heterocycles. The topological polar surface area (TPSA) is 43.4 Å². The largest absolute Gasteiger partial charge is 0.454 e. The molecule has 0 saturated heterocycles. The summed E-state index contributed by atoms with van der Waals surface area (Å²) in [7, 11) is 0. The normalized spacial score (nSPS) is 12.8. The van der Waals surface area contributed by atoms with Crippen molar-refractivity contribution in [3.8, 4) is 11.5 Å². The Morgan fingerprint density at radius 1 is 1.28 bits per heavy atom. The van der Waals surface area contributed by atoms with E-state index in [-0.39, 0.29) is 0 Å². The van der Waals surface area contributed by atoms with Crippen molar-refractivity contribution < 1.29 is 9.47 Å². The summed E-state index contributed by atoms with van der Waals surface area (Å²) < 4.78 is 10.6. The molecule has 1 N–H and O–H groups in total. The number of aromatic nitrogens is 1. The Bertz CT molecular complexity index is 561. The maximum atomic E-state index is 5.35. The Hall–Kier alpha value is -1.75. The zero-order valence-corrected chi connectivity index (χ0v) is 11.1. The molecule has 2 heterocycles. The number of nitrogens with one attached hydrogen (secondary N) is 1. The van der Waals surface area contributed by atoms with Gasteiger partial charge in [-0.05, 0) is 31.5 Å². The lowest BCUT2D eigenvalue weighted by Gasteiger charge is -2.04. The lowest BCUT2D eigenvalue weighted by Crippen LogP contribution is -1.98. The molecule has 2 aromatic rings. The molecule has 0 unspecified atom stereocenters. The van der Waals surface area contributed by atoms with Crippen molar-refractivity contribution in [2.24, 2.45) is 0 Å². The van der Waals surface area contributed by atoms with Crippen molar-refractivity contribution in [2.45, 2.75) is 20.4 Å². The van der Waals surface area contributed by atoms with Gasteiger partial charge in [-0.1, -0.05) is 6.07 Å². The van der Waals surface area contributed by atoms with Crippen LogP contribution in [0.3, 0.4) is 0 Å². The summed E-state index contributed by atoms with van der Waals surface area (Å²) in [4.78, 5) is 5.70. The van der Waals surface area contributed by atoms with E-state index in [1.54, 1.807) is 11.3 Å². The smallest absolute Gasteiger partial charge is 0.231 e. The molecular formula is C13H14N2O2S. The minimum atomic E-state index is 0.317. The zero-order chi connectivity index (χ0) is 12.5.